The molecule has 0 amide bonds. The number of ether oxygens (including phenoxy) is 1. The predicted octanol–water partition coefficient (Wildman–Crippen LogP) is 4.57. The maximum Gasteiger partial charge on any atom is 0.137 e. The fourth-order valence-electron chi connectivity index (χ4n) is 3.81. The van der Waals surface area contributed by atoms with Gasteiger partial charge < -0.3 is 10.1 Å². The Morgan fingerprint density at radius 2 is 1.53 bits per heavy atom. The fraction of sp³-hybridized carbons (Fsp3) is 0.360. The van der Waals surface area contributed by atoms with Gasteiger partial charge in [0.2, 0.25) is 0 Å². The SMILES string of the molecule is Cc1ccc(Cc2c(C)nc(C)nc2Nc2ccc(CN3CCOCC3)cc2)cc1. The van der Waals surface area contributed by atoms with Gasteiger partial charge in [-0.2, -0.15) is 0 Å². The number of nitrogens with zero attached hydrogens (tertiary/aromatic N) is 3. The van der Waals surface area contributed by atoms with Crippen molar-refractivity contribution in [1.82, 2.24) is 14.9 Å². The van der Waals surface area contributed by atoms with Crippen molar-refractivity contribution in [1.29, 1.82) is 0 Å². The highest BCUT2D eigenvalue weighted by molar-refractivity contribution is 5.61. The van der Waals surface area contributed by atoms with Crippen LogP contribution in [0.5, 0.6) is 0 Å². The van der Waals surface area contributed by atoms with Crippen LogP contribution in [-0.4, -0.2) is 41.2 Å². The molecule has 0 atom stereocenters. The van der Waals surface area contributed by atoms with E-state index in [1.165, 1.54) is 16.7 Å². The lowest BCUT2D eigenvalue weighted by Gasteiger charge is -2.26. The Kier molecular flexibility index (Phi) is 6.41. The summed E-state index contributed by atoms with van der Waals surface area (Å²) >= 11 is 0. The zero-order valence-corrected chi connectivity index (χ0v) is 18.1. The summed E-state index contributed by atoms with van der Waals surface area (Å²) in [7, 11) is 0. The molecule has 1 saturated heterocycles. The molecule has 1 aromatic heterocycles. The molecule has 0 saturated carbocycles. The second-order valence-electron chi connectivity index (χ2n) is 8.06. The van der Waals surface area contributed by atoms with E-state index in [-0.39, 0.29) is 0 Å². The second kappa shape index (κ2) is 9.37. The molecule has 4 rings (SSSR count). The first-order valence-electron chi connectivity index (χ1n) is 10.6. The minimum Gasteiger partial charge on any atom is -0.379 e. The lowest BCUT2D eigenvalue weighted by Crippen LogP contribution is -2.35. The quantitative estimate of drug-likeness (QED) is 0.655. The number of benzene rings is 2. The molecular formula is C25H30N4O. The number of aryl methyl sites for hydroxylation is 3. The van der Waals surface area contributed by atoms with E-state index in [1.807, 2.05) is 6.92 Å². The molecule has 1 aliphatic rings. The van der Waals surface area contributed by atoms with Crippen molar-refractivity contribution in [2.45, 2.75) is 33.7 Å². The molecule has 2 aromatic carbocycles. The molecule has 1 N–H and O–H groups in total. The van der Waals surface area contributed by atoms with Gasteiger partial charge in [-0.15, -0.1) is 0 Å². The van der Waals surface area contributed by atoms with Gasteiger partial charge in [-0.05, 0) is 44.0 Å². The van der Waals surface area contributed by atoms with Crippen LogP contribution in [0.4, 0.5) is 11.5 Å². The molecule has 2 heterocycles. The summed E-state index contributed by atoms with van der Waals surface area (Å²) in [6.45, 7) is 10.7. The number of rotatable bonds is 6. The average Bonchev–Trinajstić information content (AvgIpc) is 2.74. The van der Waals surface area contributed by atoms with Crippen molar-refractivity contribution in [2.75, 3.05) is 31.6 Å². The highest BCUT2D eigenvalue weighted by Crippen LogP contribution is 2.24. The number of anilines is 2. The smallest absolute Gasteiger partial charge is 0.137 e. The van der Waals surface area contributed by atoms with E-state index in [4.69, 9.17) is 9.72 Å². The Labute approximate surface area is 179 Å². The van der Waals surface area contributed by atoms with E-state index >= 15 is 0 Å². The summed E-state index contributed by atoms with van der Waals surface area (Å²) in [6.07, 6.45) is 0.809. The topological polar surface area (TPSA) is 50.3 Å². The third-order valence-corrected chi connectivity index (χ3v) is 5.55. The van der Waals surface area contributed by atoms with E-state index in [0.29, 0.717) is 0 Å². The summed E-state index contributed by atoms with van der Waals surface area (Å²) in [6, 6.07) is 17.3. The molecule has 0 spiro atoms. The van der Waals surface area contributed by atoms with Crippen LogP contribution in [0, 0.1) is 20.8 Å². The number of hydrogen-bond donors (Lipinski definition) is 1. The van der Waals surface area contributed by atoms with Gasteiger partial charge >= 0.3 is 0 Å². The van der Waals surface area contributed by atoms with Gasteiger partial charge in [0, 0.05) is 43.0 Å². The van der Waals surface area contributed by atoms with Crippen LogP contribution in [0.2, 0.25) is 0 Å². The van der Waals surface area contributed by atoms with E-state index in [9.17, 15) is 0 Å². The molecule has 0 bridgehead atoms. The van der Waals surface area contributed by atoms with Crippen molar-refractivity contribution in [3.8, 4) is 0 Å². The van der Waals surface area contributed by atoms with Crippen molar-refractivity contribution in [3.63, 3.8) is 0 Å². The van der Waals surface area contributed by atoms with Crippen LogP contribution >= 0.6 is 0 Å². The van der Waals surface area contributed by atoms with Gasteiger partial charge in [0.05, 0.1) is 13.2 Å². The largest absolute Gasteiger partial charge is 0.379 e. The molecule has 156 valence electrons. The van der Waals surface area contributed by atoms with Crippen LogP contribution in [0.25, 0.3) is 0 Å². The van der Waals surface area contributed by atoms with Gasteiger partial charge in [-0.3, -0.25) is 4.90 Å². The first kappa shape index (κ1) is 20.5. The number of morpholine rings is 1. The molecule has 0 radical (unpaired) electrons. The van der Waals surface area contributed by atoms with Crippen LogP contribution in [0.3, 0.4) is 0 Å². The molecule has 5 heteroatoms. The van der Waals surface area contributed by atoms with Gasteiger partial charge in [0.15, 0.2) is 0 Å². The summed E-state index contributed by atoms with van der Waals surface area (Å²) < 4.78 is 5.44. The highest BCUT2D eigenvalue weighted by atomic mass is 16.5. The Morgan fingerprint density at radius 3 is 2.23 bits per heavy atom. The first-order chi connectivity index (χ1) is 14.6. The lowest BCUT2D eigenvalue weighted by atomic mass is 10.0. The number of nitrogens with one attached hydrogen (secondary N) is 1. The third kappa shape index (κ3) is 5.23. The van der Waals surface area contributed by atoms with E-state index in [2.05, 4.69) is 77.6 Å². The fourth-order valence-corrected chi connectivity index (χ4v) is 3.81. The van der Waals surface area contributed by atoms with Gasteiger partial charge in [0.1, 0.15) is 11.6 Å². The monoisotopic (exact) mass is 402 g/mol. The van der Waals surface area contributed by atoms with Crippen LogP contribution in [0.15, 0.2) is 48.5 Å². The molecule has 1 fully saturated rings. The number of hydrogen-bond acceptors (Lipinski definition) is 5. The van der Waals surface area contributed by atoms with Crippen molar-refractivity contribution in [2.24, 2.45) is 0 Å². The Bertz CT molecular complexity index is 977. The van der Waals surface area contributed by atoms with E-state index in [0.717, 1.165) is 67.9 Å². The highest BCUT2D eigenvalue weighted by Gasteiger charge is 2.13. The molecule has 1 aliphatic heterocycles. The Hall–Kier alpha value is -2.76. The summed E-state index contributed by atoms with van der Waals surface area (Å²) in [5.74, 6) is 1.67. The predicted molar refractivity (Wildman–Crippen MR) is 121 cm³/mol. The van der Waals surface area contributed by atoms with Crippen molar-refractivity contribution >= 4 is 11.5 Å². The van der Waals surface area contributed by atoms with E-state index in [1.54, 1.807) is 0 Å². The maximum atomic E-state index is 5.44. The standard InChI is InChI=1S/C25H30N4O/c1-18-4-6-21(7-5-18)16-24-19(2)26-20(3)27-25(24)28-23-10-8-22(9-11-23)17-29-12-14-30-15-13-29/h4-11H,12-17H2,1-3H3,(H,26,27,28). The summed E-state index contributed by atoms with van der Waals surface area (Å²) in [5.41, 5.74) is 7.06. The van der Waals surface area contributed by atoms with Gasteiger partial charge in [0.25, 0.3) is 0 Å². The van der Waals surface area contributed by atoms with Crippen LogP contribution in [0.1, 0.15) is 33.8 Å². The first-order valence-corrected chi connectivity index (χ1v) is 10.6. The van der Waals surface area contributed by atoms with E-state index < -0.39 is 0 Å². The van der Waals surface area contributed by atoms with Crippen LogP contribution in [-0.2, 0) is 17.7 Å². The molecule has 3 aromatic rings. The minimum absolute atomic E-state index is 0.784. The summed E-state index contributed by atoms with van der Waals surface area (Å²) in [5, 5.41) is 3.53. The average molecular weight is 403 g/mol. The van der Waals surface area contributed by atoms with Crippen LogP contribution < -0.4 is 5.32 Å². The van der Waals surface area contributed by atoms with Gasteiger partial charge in [-0.1, -0.05) is 42.0 Å². The molecular weight excluding hydrogens is 372 g/mol. The Morgan fingerprint density at radius 1 is 0.867 bits per heavy atom. The van der Waals surface area contributed by atoms with Crippen molar-refractivity contribution < 1.29 is 4.74 Å². The molecule has 0 aliphatic carbocycles. The number of aromatic nitrogens is 2. The minimum atomic E-state index is 0.784. The molecule has 5 nitrogen and oxygen atoms in total. The summed E-state index contributed by atoms with van der Waals surface area (Å²) in [4.78, 5) is 11.7. The van der Waals surface area contributed by atoms with Gasteiger partial charge in [-0.25, -0.2) is 9.97 Å². The van der Waals surface area contributed by atoms with Crippen molar-refractivity contribution in [3.05, 3.63) is 82.3 Å². The zero-order valence-electron chi connectivity index (χ0n) is 18.1. The maximum absolute atomic E-state index is 5.44. The second-order valence-corrected chi connectivity index (χ2v) is 8.06. The zero-order chi connectivity index (χ0) is 20.9. The molecule has 30 heavy (non-hydrogen) atoms. The normalized spacial score (nSPS) is 14.6. The third-order valence-electron chi connectivity index (χ3n) is 5.55. The molecule has 0 unspecified atom stereocenters. The lowest BCUT2D eigenvalue weighted by molar-refractivity contribution is 0.0342. The Balaban J connectivity index is 1.51.